The summed E-state index contributed by atoms with van der Waals surface area (Å²) in [5.74, 6) is 0.468. The van der Waals surface area contributed by atoms with Crippen LogP contribution in [0, 0.1) is 11.3 Å². The van der Waals surface area contributed by atoms with Gasteiger partial charge in [-0.05, 0) is 73.7 Å². The van der Waals surface area contributed by atoms with Crippen molar-refractivity contribution in [1.29, 1.82) is 5.26 Å². The summed E-state index contributed by atoms with van der Waals surface area (Å²) in [5, 5.41) is 19.6. The molecule has 28 heavy (non-hydrogen) atoms. The van der Waals surface area contributed by atoms with Crippen LogP contribution in [0.1, 0.15) is 45.1 Å². The molecule has 0 unspecified atom stereocenters. The summed E-state index contributed by atoms with van der Waals surface area (Å²) in [6, 6.07) is 7.54. The first-order chi connectivity index (χ1) is 13.4. The molecule has 0 radical (unpaired) electrons. The van der Waals surface area contributed by atoms with Crippen LogP contribution >= 0.6 is 15.9 Å². The third kappa shape index (κ3) is 6.57. The number of ether oxygens (including phenoxy) is 1. The molecule has 0 spiro atoms. The van der Waals surface area contributed by atoms with Crippen LogP contribution < -0.4 is 10.1 Å². The Morgan fingerprint density at radius 2 is 2.04 bits per heavy atom. The Bertz CT molecular complexity index is 829. The zero-order valence-corrected chi connectivity index (χ0v) is 17.9. The standard InChI is InChI=1S/C20H24BrN5O2/c1-13(2)24-12-19(26-23-3)20(27)25-15-5-8-16(9-6-15)28-17-7-4-14(11-22)18(21)10-17/h4,7,10,12,15-16H,5-6,8-9H2,1-3H3,(H,25,27)/b19-12-,26-23-/t15-,16-. The van der Waals surface area contributed by atoms with Gasteiger partial charge in [-0.15, -0.1) is 5.11 Å². The summed E-state index contributed by atoms with van der Waals surface area (Å²) in [5.41, 5.74) is 1.61. The molecule has 1 saturated carbocycles. The van der Waals surface area contributed by atoms with Crippen LogP contribution in [-0.4, -0.2) is 30.8 Å². The summed E-state index contributed by atoms with van der Waals surface area (Å²) in [6.45, 7) is 3.70. The molecule has 8 heteroatoms. The van der Waals surface area contributed by atoms with Gasteiger partial charge in [-0.3, -0.25) is 9.79 Å². The lowest BCUT2D eigenvalue weighted by atomic mass is 9.93. The van der Waals surface area contributed by atoms with E-state index in [0.29, 0.717) is 5.56 Å². The third-order valence-corrected chi connectivity index (χ3v) is 4.91. The van der Waals surface area contributed by atoms with Crippen molar-refractivity contribution in [2.24, 2.45) is 15.2 Å². The molecule has 0 saturated heterocycles. The number of rotatable bonds is 6. The minimum Gasteiger partial charge on any atom is -0.490 e. The van der Waals surface area contributed by atoms with Crippen molar-refractivity contribution in [2.75, 3.05) is 7.05 Å². The first kappa shape index (κ1) is 21.8. The van der Waals surface area contributed by atoms with Crippen molar-refractivity contribution in [3.05, 3.63) is 40.1 Å². The zero-order valence-electron chi connectivity index (χ0n) is 16.3. The smallest absolute Gasteiger partial charge is 0.273 e. The quantitative estimate of drug-likeness (QED) is 0.395. The van der Waals surface area contributed by atoms with Crippen molar-refractivity contribution < 1.29 is 9.53 Å². The highest BCUT2D eigenvalue weighted by Gasteiger charge is 2.24. The minimum absolute atomic E-state index is 0.0715. The Kier molecular flexibility index (Phi) is 8.33. The number of nitrogens with zero attached hydrogens (tertiary/aromatic N) is 4. The summed E-state index contributed by atoms with van der Waals surface area (Å²) in [7, 11) is 1.52. The SMILES string of the molecule is C/N=N\C(=C/N=C(C)C)C(=O)N[C@H]1CC[C@H](Oc2ccc(C#N)c(Br)c2)CC1. The molecule has 148 valence electrons. The second kappa shape index (κ2) is 10.7. The number of hydrogen-bond donors (Lipinski definition) is 1. The average molecular weight is 446 g/mol. The number of nitriles is 1. The van der Waals surface area contributed by atoms with Crippen LogP contribution in [0.15, 0.2) is 49.8 Å². The van der Waals surface area contributed by atoms with Gasteiger partial charge in [0.05, 0.1) is 17.9 Å². The second-order valence-corrected chi connectivity index (χ2v) is 7.56. The number of carbonyl (C=O) groups excluding carboxylic acids is 1. The van der Waals surface area contributed by atoms with Crippen LogP contribution in [0.4, 0.5) is 0 Å². The number of nitrogens with one attached hydrogen (secondary N) is 1. The van der Waals surface area contributed by atoms with Crippen molar-refractivity contribution in [3.63, 3.8) is 0 Å². The molecule has 1 fully saturated rings. The lowest BCUT2D eigenvalue weighted by molar-refractivity contribution is -0.118. The Morgan fingerprint density at radius 1 is 1.32 bits per heavy atom. The molecule has 0 atom stereocenters. The normalized spacial score (nSPS) is 19.8. The fourth-order valence-electron chi connectivity index (χ4n) is 2.86. The molecule has 1 aliphatic carbocycles. The van der Waals surface area contributed by atoms with E-state index in [2.05, 4.69) is 42.5 Å². The largest absolute Gasteiger partial charge is 0.490 e. The number of halogens is 1. The van der Waals surface area contributed by atoms with Gasteiger partial charge in [-0.25, -0.2) is 0 Å². The van der Waals surface area contributed by atoms with Crippen LogP contribution in [0.3, 0.4) is 0 Å². The van der Waals surface area contributed by atoms with Gasteiger partial charge >= 0.3 is 0 Å². The van der Waals surface area contributed by atoms with Gasteiger partial charge in [0.2, 0.25) is 0 Å². The van der Waals surface area contributed by atoms with Crippen LogP contribution in [0.2, 0.25) is 0 Å². The number of azo groups is 1. The fourth-order valence-corrected chi connectivity index (χ4v) is 3.31. The molecular weight excluding hydrogens is 422 g/mol. The van der Waals surface area contributed by atoms with E-state index in [4.69, 9.17) is 10.00 Å². The maximum atomic E-state index is 12.4. The van der Waals surface area contributed by atoms with Gasteiger partial charge < -0.3 is 10.1 Å². The lowest BCUT2D eigenvalue weighted by Crippen LogP contribution is -2.40. The highest BCUT2D eigenvalue weighted by molar-refractivity contribution is 9.10. The van der Waals surface area contributed by atoms with Gasteiger partial charge in [-0.2, -0.15) is 10.4 Å². The predicted molar refractivity (Wildman–Crippen MR) is 111 cm³/mol. The number of amides is 1. The minimum atomic E-state index is -0.268. The van der Waals surface area contributed by atoms with Crippen molar-refractivity contribution in [1.82, 2.24) is 5.32 Å². The van der Waals surface area contributed by atoms with E-state index >= 15 is 0 Å². The Balaban J connectivity index is 1.88. The van der Waals surface area contributed by atoms with Gasteiger partial charge in [0.15, 0.2) is 5.70 Å². The molecule has 2 rings (SSSR count). The van der Waals surface area contributed by atoms with Crippen LogP contribution in [0.5, 0.6) is 5.75 Å². The topological polar surface area (TPSA) is 99.2 Å². The summed E-state index contributed by atoms with van der Waals surface area (Å²) >= 11 is 3.38. The Morgan fingerprint density at radius 3 is 2.61 bits per heavy atom. The molecule has 0 heterocycles. The Hall–Kier alpha value is -2.53. The van der Waals surface area contributed by atoms with Gasteiger partial charge in [-0.1, -0.05) is 0 Å². The van der Waals surface area contributed by atoms with Gasteiger partial charge in [0.25, 0.3) is 5.91 Å². The molecule has 1 aromatic carbocycles. The molecule has 1 N–H and O–H groups in total. The molecule has 0 aliphatic heterocycles. The van der Waals surface area contributed by atoms with Crippen LogP contribution in [0.25, 0.3) is 0 Å². The average Bonchev–Trinajstić information content (AvgIpc) is 2.66. The zero-order chi connectivity index (χ0) is 20.5. The number of benzene rings is 1. The summed E-state index contributed by atoms with van der Waals surface area (Å²) in [6.07, 6.45) is 4.84. The molecule has 1 amide bonds. The van der Waals surface area contributed by atoms with E-state index in [-0.39, 0.29) is 23.8 Å². The van der Waals surface area contributed by atoms with E-state index in [1.54, 1.807) is 12.1 Å². The van der Waals surface area contributed by atoms with E-state index < -0.39 is 0 Å². The summed E-state index contributed by atoms with van der Waals surface area (Å²) in [4.78, 5) is 16.6. The van der Waals surface area contributed by atoms with E-state index in [0.717, 1.165) is 41.6 Å². The lowest BCUT2D eigenvalue weighted by Gasteiger charge is -2.29. The highest BCUT2D eigenvalue weighted by atomic mass is 79.9. The van der Waals surface area contributed by atoms with Gasteiger partial charge in [0, 0.05) is 23.3 Å². The second-order valence-electron chi connectivity index (χ2n) is 6.71. The maximum Gasteiger partial charge on any atom is 0.273 e. The van der Waals surface area contributed by atoms with Crippen molar-refractivity contribution in [3.8, 4) is 11.8 Å². The third-order valence-electron chi connectivity index (χ3n) is 4.26. The molecule has 0 bridgehead atoms. The van der Waals surface area contributed by atoms with E-state index in [1.807, 2.05) is 19.9 Å². The molecular formula is C20H24BrN5O2. The van der Waals surface area contributed by atoms with Crippen LogP contribution in [-0.2, 0) is 4.79 Å². The van der Waals surface area contributed by atoms with Crippen molar-refractivity contribution in [2.45, 2.75) is 51.7 Å². The molecule has 0 aromatic heterocycles. The van der Waals surface area contributed by atoms with E-state index in [9.17, 15) is 4.79 Å². The summed E-state index contributed by atoms with van der Waals surface area (Å²) < 4.78 is 6.75. The van der Waals surface area contributed by atoms with Crippen molar-refractivity contribution >= 4 is 27.5 Å². The van der Waals surface area contributed by atoms with Gasteiger partial charge in [0.1, 0.15) is 11.8 Å². The predicted octanol–water partition coefficient (Wildman–Crippen LogP) is 4.53. The number of hydrogen-bond acceptors (Lipinski definition) is 6. The Labute approximate surface area is 173 Å². The molecule has 1 aromatic rings. The molecule has 7 nitrogen and oxygen atoms in total. The first-order valence-corrected chi connectivity index (χ1v) is 9.90. The number of aliphatic imine (C=N–C) groups is 1. The first-order valence-electron chi connectivity index (χ1n) is 9.11. The van der Waals surface area contributed by atoms with E-state index in [1.165, 1.54) is 13.2 Å². The highest BCUT2D eigenvalue weighted by Crippen LogP contribution is 2.27. The molecule has 1 aliphatic rings. The fraction of sp³-hybridized carbons (Fsp3) is 0.450. The monoisotopic (exact) mass is 445 g/mol. The number of carbonyl (C=O) groups is 1. The maximum absolute atomic E-state index is 12.4.